The molecule has 0 aliphatic carbocycles. The van der Waals surface area contributed by atoms with Crippen molar-refractivity contribution in [3.63, 3.8) is 0 Å². The van der Waals surface area contributed by atoms with E-state index in [0.717, 1.165) is 6.42 Å². The van der Waals surface area contributed by atoms with E-state index in [-0.39, 0.29) is 24.5 Å². The number of rotatable bonds is 4. The second kappa shape index (κ2) is 7.88. The normalized spacial score (nSPS) is 16.9. The highest BCUT2D eigenvalue weighted by Crippen LogP contribution is 2.22. The molecule has 1 aliphatic rings. The maximum atomic E-state index is 12.0. The molecule has 7 nitrogen and oxygen atoms in total. The van der Waals surface area contributed by atoms with Crippen LogP contribution in [-0.2, 0) is 9.53 Å². The highest BCUT2D eigenvalue weighted by Gasteiger charge is 2.30. The summed E-state index contributed by atoms with van der Waals surface area (Å²) in [4.78, 5) is 25.1. The van der Waals surface area contributed by atoms with E-state index in [1.165, 1.54) is 0 Å². The van der Waals surface area contributed by atoms with Gasteiger partial charge in [0, 0.05) is 18.7 Å². The summed E-state index contributed by atoms with van der Waals surface area (Å²) in [5.74, 6) is 0.314. The number of anilines is 1. The standard InChI is InChI=1S/C18H23N3O4/c1-18(2,3)25-17(23)21-11-9-15(12-21)24-14-6-4-13(5-7-14)20-16(22)8-10-19/h4-7,15H,8-9,11-12H2,1-3H3,(H,20,22). The van der Waals surface area contributed by atoms with E-state index in [9.17, 15) is 9.59 Å². The van der Waals surface area contributed by atoms with Gasteiger partial charge < -0.3 is 19.7 Å². The fourth-order valence-electron chi connectivity index (χ4n) is 2.40. The maximum Gasteiger partial charge on any atom is 0.410 e. The first kappa shape index (κ1) is 18.6. The van der Waals surface area contributed by atoms with E-state index >= 15 is 0 Å². The monoisotopic (exact) mass is 345 g/mol. The summed E-state index contributed by atoms with van der Waals surface area (Å²) in [5, 5.41) is 11.1. The number of likely N-dealkylation sites (tertiary alicyclic amines) is 1. The highest BCUT2D eigenvalue weighted by atomic mass is 16.6. The van der Waals surface area contributed by atoms with Crippen molar-refractivity contribution < 1.29 is 19.1 Å². The summed E-state index contributed by atoms with van der Waals surface area (Å²) < 4.78 is 11.2. The SMILES string of the molecule is CC(C)(C)OC(=O)N1CCC(Oc2ccc(NC(=O)CC#N)cc2)C1. The second-order valence-corrected chi connectivity index (χ2v) is 6.86. The van der Waals surface area contributed by atoms with Crippen LogP contribution in [0.5, 0.6) is 5.75 Å². The third kappa shape index (κ3) is 5.99. The lowest BCUT2D eigenvalue weighted by atomic mass is 10.2. The topological polar surface area (TPSA) is 91.7 Å². The molecule has 1 N–H and O–H groups in total. The lowest BCUT2D eigenvalue weighted by Crippen LogP contribution is -2.36. The van der Waals surface area contributed by atoms with Crippen molar-refractivity contribution in [2.45, 2.75) is 45.3 Å². The lowest BCUT2D eigenvalue weighted by molar-refractivity contribution is -0.115. The molecular formula is C18H23N3O4. The van der Waals surface area contributed by atoms with E-state index in [2.05, 4.69) is 5.32 Å². The van der Waals surface area contributed by atoms with Gasteiger partial charge in [-0.3, -0.25) is 4.79 Å². The Hall–Kier alpha value is -2.75. The van der Waals surface area contributed by atoms with Gasteiger partial charge in [0.05, 0.1) is 12.6 Å². The summed E-state index contributed by atoms with van der Waals surface area (Å²) in [6.45, 7) is 6.60. The van der Waals surface area contributed by atoms with Crippen molar-refractivity contribution in [3.8, 4) is 11.8 Å². The number of nitrogens with one attached hydrogen (secondary N) is 1. The number of hydrogen-bond acceptors (Lipinski definition) is 5. The van der Waals surface area contributed by atoms with Gasteiger partial charge in [-0.15, -0.1) is 0 Å². The maximum absolute atomic E-state index is 12.0. The van der Waals surface area contributed by atoms with Crippen LogP contribution < -0.4 is 10.1 Å². The predicted molar refractivity (Wildman–Crippen MR) is 92.1 cm³/mol. The third-order valence-electron chi connectivity index (χ3n) is 3.48. The summed E-state index contributed by atoms with van der Waals surface area (Å²) in [6, 6.07) is 8.72. The highest BCUT2D eigenvalue weighted by molar-refractivity contribution is 5.92. The van der Waals surface area contributed by atoms with Crippen LogP contribution in [0, 0.1) is 11.3 Å². The summed E-state index contributed by atoms with van der Waals surface area (Å²) in [7, 11) is 0. The molecule has 1 aromatic rings. The minimum atomic E-state index is -0.512. The van der Waals surface area contributed by atoms with Crippen LogP contribution in [0.3, 0.4) is 0 Å². The van der Waals surface area contributed by atoms with Crippen LogP contribution >= 0.6 is 0 Å². The number of hydrogen-bond donors (Lipinski definition) is 1. The number of carbonyl (C=O) groups excluding carboxylic acids is 2. The summed E-state index contributed by atoms with van der Waals surface area (Å²) in [6.07, 6.45) is 0.140. The van der Waals surface area contributed by atoms with Crippen molar-refractivity contribution in [2.24, 2.45) is 0 Å². The van der Waals surface area contributed by atoms with Gasteiger partial charge in [0.2, 0.25) is 5.91 Å². The Morgan fingerprint density at radius 2 is 2.00 bits per heavy atom. The fourth-order valence-corrected chi connectivity index (χ4v) is 2.40. The summed E-state index contributed by atoms with van der Waals surface area (Å²) in [5.41, 5.74) is 0.0939. The molecule has 0 bridgehead atoms. The Bertz CT molecular complexity index is 658. The van der Waals surface area contributed by atoms with E-state index < -0.39 is 5.60 Å². The quantitative estimate of drug-likeness (QED) is 0.906. The lowest BCUT2D eigenvalue weighted by Gasteiger charge is -2.24. The van der Waals surface area contributed by atoms with Gasteiger partial charge in [-0.2, -0.15) is 5.26 Å². The molecular weight excluding hydrogens is 322 g/mol. The molecule has 1 aromatic carbocycles. The van der Waals surface area contributed by atoms with Crippen molar-refractivity contribution >= 4 is 17.7 Å². The van der Waals surface area contributed by atoms with E-state index in [0.29, 0.717) is 24.5 Å². The zero-order valence-corrected chi connectivity index (χ0v) is 14.7. The van der Waals surface area contributed by atoms with Gasteiger partial charge in [-0.05, 0) is 45.0 Å². The Morgan fingerprint density at radius 3 is 2.60 bits per heavy atom. The molecule has 1 atom stereocenters. The van der Waals surface area contributed by atoms with Crippen LogP contribution in [0.2, 0.25) is 0 Å². The third-order valence-corrected chi connectivity index (χ3v) is 3.48. The first-order chi connectivity index (χ1) is 11.8. The van der Waals surface area contributed by atoms with Crippen LogP contribution in [0.25, 0.3) is 0 Å². The molecule has 0 saturated carbocycles. The first-order valence-electron chi connectivity index (χ1n) is 8.18. The Morgan fingerprint density at radius 1 is 1.32 bits per heavy atom. The van der Waals surface area contributed by atoms with E-state index in [1.807, 2.05) is 20.8 Å². The van der Waals surface area contributed by atoms with E-state index in [4.69, 9.17) is 14.7 Å². The fraction of sp³-hybridized carbons (Fsp3) is 0.500. The molecule has 0 radical (unpaired) electrons. The van der Waals surface area contributed by atoms with Crippen molar-refractivity contribution in [1.82, 2.24) is 4.90 Å². The number of carbonyl (C=O) groups is 2. The molecule has 1 unspecified atom stereocenters. The van der Waals surface area contributed by atoms with Gasteiger partial charge in [0.25, 0.3) is 0 Å². The molecule has 0 aromatic heterocycles. The molecule has 2 rings (SSSR count). The Labute approximate surface area is 147 Å². The van der Waals surface area contributed by atoms with Crippen molar-refractivity contribution in [1.29, 1.82) is 5.26 Å². The number of benzene rings is 1. The zero-order valence-electron chi connectivity index (χ0n) is 14.7. The molecule has 134 valence electrons. The minimum absolute atomic E-state index is 0.0912. The molecule has 0 spiro atoms. The van der Waals surface area contributed by atoms with Crippen molar-refractivity contribution in [2.75, 3.05) is 18.4 Å². The van der Waals surface area contributed by atoms with E-state index in [1.54, 1.807) is 35.2 Å². The smallest absolute Gasteiger partial charge is 0.410 e. The van der Waals surface area contributed by atoms with Gasteiger partial charge >= 0.3 is 6.09 Å². The van der Waals surface area contributed by atoms with Crippen LogP contribution in [0.4, 0.5) is 10.5 Å². The largest absolute Gasteiger partial charge is 0.489 e. The molecule has 1 saturated heterocycles. The second-order valence-electron chi connectivity index (χ2n) is 6.86. The molecule has 25 heavy (non-hydrogen) atoms. The number of nitriles is 1. The van der Waals surface area contributed by atoms with Gasteiger partial charge in [-0.1, -0.05) is 0 Å². The molecule has 1 fully saturated rings. The average Bonchev–Trinajstić information content (AvgIpc) is 2.96. The van der Waals surface area contributed by atoms with Crippen molar-refractivity contribution in [3.05, 3.63) is 24.3 Å². The molecule has 7 heteroatoms. The molecule has 1 aliphatic heterocycles. The Kier molecular flexibility index (Phi) is 5.86. The van der Waals surface area contributed by atoms with Gasteiger partial charge in [0.15, 0.2) is 0 Å². The van der Waals surface area contributed by atoms with Crippen LogP contribution in [0.1, 0.15) is 33.6 Å². The summed E-state index contributed by atoms with van der Waals surface area (Å²) >= 11 is 0. The number of ether oxygens (including phenoxy) is 2. The van der Waals surface area contributed by atoms with Gasteiger partial charge in [-0.25, -0.2) is 4.79 Å². The average molecular weight is 345 g/mol. The van der Waals surface area contributed by atoms with Gasteiger partial charge in [0.1, 0.15) is 23.9 Å². The Balaban J connectivity index is 1.84. The number of nitrogens with zero attached hydrogens (tertiary/aromatic N) is 2. The number of amides is 2. The predicted octanol–water partition coefficient (Wildman–Crippen LogP) is 2.93. The zero-order chi connectivity index (χ0) is 18.4. The molecule has 1 heterocycles. The minimum Gasteiger partial charge on any atom is -0.489 e. The first-order valence-corrected chi connectivity index (χ1v) is 8.18. The van der Waals surface area contributed by atoms with Crippen LogP contribution in [0.15, 0.2) is 24.3 Å². The van der Waals surface area contributed by atoms with Crippen LogP contribution in [-0.4, -0.2) is 41.7 Å². The molecule has 2 amide bonds.